The van der Waals surface area contributed by atoms with Crippen molar-refractivity contribution in [2.75, 3.05) is 7.04 Å². The van der Waals surface area contributed by atoms with E-state index in [0.29, 0.717) is 4.57 Å². The second-order valence-electron chi connectivity index (χ2n) is 2.91. The molecule has 0 bridgehead atoms. The van der Waals surface area contributed by atoms with Crippen molar-refractivity contribution in [3.05, 3.63) is 58.4 Å². The lowest BCUT2D eigenvalue weighted by atomic mass is 10.2. The minimum absolute atomic E-state index is 0.239. The van der Waals surface area contributed by atoms with Crippen molar-refractivity contribution >= 4 is 0 Å². The van der Waals surface area contributed by atoms with Gasteiger partial charge < -0.3 is 4.74 Å². The van der Waals surface area contributed by atoms with E-state index >= 15 is 0 Å². The quantitative estimate of drug-likeness (QED) is 0.784. The Morgan fingerprint density at radius 1 is 1.31 bits per heavy atom. The molecule has 0 amide bonds. The predicted octanol–water partition coefficient (Wildman–Crippen LogP) is 2.15. The molecule has 2 rings (SSSR count). The third-order valence-corrected chi connectivity index (χ3v) is 1.84. The first-order valence-corrected chi connectivity index (χ1v) is 4.27. The third-order valence-electron chi connectivity index (χ3n) is 1.84. The van der Waals surface area contributed by atoms with Gasteiger partial charge in [0.15, 0.2) is 0 Å². The van der Waals surface area contributed by atoms with Gasteiger partial charge in [0.25, 0.3) is 5.56 Å². The van der Waals surface area contributed by atoms with Crippen LogP contribution < -0.4 is 10.3 Å². The van der Waals surface area contributed by atoms with Crippen LogP contribution in [0.25, 0.3) is 5.69 Å². The normalized spacial score (nSPS) is 20.8. The van der Waals surface area contributed by atoms with E-state index in [1.54, 1.807) is 0 Å². The Labute approximate surface area is 108 Å². The highest BCUT2D eigenvalue weighted by Crippen LogP contribution is 2.13. The molecule has 0 fully saturated rings. The molecule has 0 aliphatic carbocycles. The van der Waals surface area contributed by atoms with E-state index in [1.165, 1.54) is 0 Å². The fraction of sp³-hybridized carbons (Fsp3) is 0.154. The Morgan fingerprint density at radius 2 is 2.12 bits per heavy atom. The van der Waals surface area contributed by atoms with E-state index in [2.05, 4.69) is 4.74 Å². The molecule has 1 heterocycles. The molecule has 0 aliphatic rings. The Bertz CT molecular complexity index is 884. The second-order valence-corrected chi connectivity index (χ2v) is 2.91. The van der Waals surface area contributed by atoms with E-state index in [1.807, 2.05) is 0 Å². The second kappa shape index (κ2) is 4.23. The number of hydrogen-bond donors (Lipinski definition) is 0. The van der Waals surface area contributed by atoms with Crippen LogP contribution in [0.4, 0.5) is 0 Å². The molecule has 2 aromatic rings. The molecule has 0 N–H and O–H groups in total. The zero-order valence-electron chi connectivity index (χ0n) is 18.0. The largest absolute Gasteiger partial charge is 0.497 e. The predicted molar refractivity (Wildman–Crippen MR) is 63.3 cm³/mol. The van der Waals surface area contributed by atoms with Crippen LogP contribution >= 0.6 is 0 Å². The number of hydrogen-bond acceptors (Lipinski definition) is 2. The Kier molecular flexibility index (Phi) is 0.996. The SMILES string of the molecule is [2H]c1c([2H])c(-n2cc(C([2H])([2H])[2H])ccc2=O)c([2H])c([2H])c1OC([2H])([2H])[2H]. The molecule has 1 aromatic carbocycles. The van der Waals surface area contributed by atoms with Crippen molar-refractivity contribution in [1.29, 1.82) is 0 Å². The smallest absolute Gasteiger partial charge is 0.255 e. The molecule has 0 atom stereocenters. The topological polar surface area (TPSA) is 31.2 Å². The van der Waals surface area contributed by atoms with Crippen LogP contribution in [0, 0.1) is 6.85 Å². The summed E-state index contributed by atoms with van der Waals surface area (Å²) in [6.07, 6.45) is 0.907. The average Bonchev–Trinajstić information content (AvgIpc) is 2.49. The van der Waals surface area contributed by atoms with Crippen LogP contribution in [-0.2, 0) is 0 Å². The summed E-state index contributed by atoms with van der Waals surface area (Å²) in [5, 5.41) is 0. The number of ether oxygens (including phenoxy) is 1. The van der Waals surface area contributed by atoms with Gasteiger partial charge in [-0.15, -0.1) is 0 Å². The van der Waals surface area contributed by atoms with Gasteiger partial charge in [-0.05, 0) is 36.6 Å². The standard InChI is InChI=1S/C13H13NO2/c1-10-3-8-13(15)14(9-10)11-4-6-12(16-2)7-5-11/h3-9H,1-2H3/i1D3,2D3,4D,5D,6D,7D. The summed E-state index contributed by atoms with van der Waals surface area (Å²) in [5.74, 6) is -0.788. The average molecular weight is 225 g/mol. The lowest BCUT2D eigenvalue weighted by Crippen LogP contribution is -2.16. The van der Waals surface area contributed by atoms with Crippen LogP contribution in [0.2, 0.25) is 0 Å². The molecule has 0 aliphatic heterocycles. The summed E-state index contributed by atoms with van der Waals surface area (Å²) in [7, 11) is -3.00. The molecule has 3 heteroatoms. The molecule has 0 saturated carbocycles. The van der Waals surface area contributed by atoms with Crippen molar-refractivity contribution in [3.63, 3.8) is 0 Å². The van der Waals surface area contributed by atoms with Crippen LogP contribution in [0.3, 0.4) is 0 Å². The first-order valence-electron chi connectivity index (χ1n) is 9.27. The van der Waals surface area contributed by atoms with E-state index < -0.39 is 55.1 Å². The van der Waals surface area contributed by atoms with Gasteiger partial charge in [0.05, 0.1) is 16.6 Å². The molecule has 1 aromatic heterocycles. The summed E-state index contributed by atoms with van der Waals surface area (Å²) in [4.78, 5) is 12.1. The highest BCUT2D eigenvalue weighted by atomic mass is 16.5. The lowest BCUT2D eigenvalue weighted by molar-refractivity contribution is 0.414. The summed E-state index contributed by atoms with van der Waals surface area (Å²) in [5.41, 5.74) is -1.52. The Morgan fingerprint density at radius 3 is 2.81 bits per heavy atom. The molecule has 0 radical (unpaired) electrons. The highest BCUT2D eigenvalue weighted by Gasteiger charge is 1.99. The number of aryl methyl sites for hydroxylation is 1. The zero-order valence-corrected chi connectivity index (χ0v) is 8.00. The minimum atomic E-state index is -3.00. The first kappa shape index (κ1) is 3.77. The van der Waals surface area contributed by atoms with Gasteiger partial charge in [-0.2, -0.15) is 0 Å². The van der Waals surface area contributed by atoms with Gasteiger partial charge in [0.1, 0.15) is 5.75 Å². The van der Waals surface area contributed by atoms with E-state index in [9.17, 15) is 4.79 Å². The van der Waals surface area contributed by atoms with Crippen LogP contribution in [0.1, 0.15) is 19.3 Å². The van der Waals surface area contributed by atoms with Crippen molar-refractivity contribution in [2.45, 2.75) is 6.85 Å². The molecular weight excluding hydrogens is 202 g/mol. The molecular formula is C13H13NO2. The molecule has 82 valence electrons. The lowest BCUT2D eigenvalue weighted by Gasteiger charge is -2.07. The van der Waals surface area contributed by atoms with Gasteiger partial charge in [0.2, 0.25) is 0 Å². The van der Waals surface area contributed by atoms with E-state index in [-0.39, 0.29) is 5.56 Å². The summed E-state index contributed by atoms with van der Waals surface area (Å²) in [6, 6.07) is -1.08. The number of pyridine rings is 1. The number of methoxy groups -OCH3 is 1. The summed E-state index contributed by atoms with van der Waals surface area (Å²) < 4.78 is 80.3. The fourth-order valence-corrected chi connectivity index (χ4v) is 1.13. The van der Waals surface area contributed by atoms with Crippen LogP contribution in [0.5, 0.6) is 5.75 Å². The van der Waals surface area contributed by atoms with Gasteiger partial charge in [-0.3, -0.25) is 9.36 Å². The van der Waals surface area contributed by atoms with Gasteiger partial charge >= 0.3 is 0 Å². The van der Waals surface area contributed by atoms with Crippen molar-refractivity contribution < 1.29 is 18.4 Å². The number of aromatic nitrogens is 1. The zero-order chi connectivity index (χ0) is 20.0. The summed E-state index contributed by atoms with van der Waals surface area (Å²) >= 11 is 0. The Balaban J connectivity index is 2.79. The molecule has 0 spiro atoms. The van der Waals surface area contributed by atoms with Gasteiger partial charge in [0, 0.05) is 22.1 Å². The molecule has 0 unspecified atom stereocenters. The monoisotopic (exact) mass is 225 g/mol. The summed E-state index contributed by atoms with van der Waals surface area (Å²) in [6.45, 7) is -2.56. The van der Waals surface area contributed by atoms with Gasteiger partial charge in [-0.1, -0.05) is 6.07 Å². The van der Waals surface area contributed by atoms with Crippen molar-refractivity contribution in [1.82, 2.24) is 4.57 Å². The third kappa shape index (κ3) is 1.98. The van der Waals surface area contributed by atoms with Crippen LogP contribution in [0.15, 0.2) is 47.3 Å². The maximum Gasteiger partial charge on any atom is 0.255 e. The number of nitrogens with zero attached hydrogens (tertiary/aromatic N) is 1. The first-order chi connectivity index (χ1) is 11.7. The number of rotatable bonds is 2. The Hall–Kier alpha value is -2.03. The molecule has 16 heavy (non-hydrogen) atoms. The highest BCUT2D eigenvalue weighted by molar-refractivity contribution is 5.38. The van der Waals surface area contributed by atoms with E-state index in [0.717, 1.165) is 18.3 Å². The van der Waals surface area contributed by atoms with Crippen molar-refractivity contribution in [3.8, 4) is 11.4 Å². The fourth-order valence-electron chi connectivity index (χ4n) is 1.13. The van der Waals surface area contributed by atoms with Gasteiger partial charge in [-0.25, -0.2) is 0 Å². The van der Waals surface area contributed by atoms with Crippen molar-refractivity contribution in [2.24, 2.45) is 0 Å². The van der Waals surface area contributed by atoms with E-state index in [4.69, 9.17) is 13.7 Å². The molecule has 0 saturated heterocycles. The number of benzene rings is 1. The molecule has 3 nitrogen and oxygen atoms in total. The maximum absolute atomic E-state index is 12.1. The minimum Gasteiger partial charge on any atom is -0.497 e. The maximum atomic E-state index is 12.1. The van der Waals surface area contributed by atoms with Crippen LogP contribution in [-0.4, -0.2) is 11.6 Å².